The number of ether oxygens (including phenoxy) is 3. The maximum Gasteiger partial charge on any atom is 0.351 e. The van der Waals surface area contributed by atoms with Crippen LogP contribution in [0.1, 0.15) is 6.92 Å². The largest absolute Gasteiger partial charge is 0.485 e. The fourth-order valence-electron chi connectivity index (χ4n) is 2.57. The van der Waals surface area contributed by atoms with Crippen LogP contribution in [0.15, 0.2) is 36.4 Å². The zero-order valence-electron chi connectivity index (χ0n) is 16.1. The zero-order valence-corrected chi connectivity index (χ0v) is 16.1. The van der Waals surface area contributed by atoms with Crippen molar-refractivity contribution in [1.29, 1.82) is 0 Å². The van der Waals surface area contributed by atoms with Crippen LogP contribution in [0.4, 0.5) is 18.9 Å². The normalized spacial score (nSPS) is 15.5. The fraction of sp³-hybridized carbons (Fsp3) is 0.250. The average Bonchev–Trinajstić information content (AvgIpc) is 2.77. The highest BCUT2D eigenvalue weighted by Crippen LogP contribution is 2.31. The van der Waals surface area contributed by atoms with Gasteiger partial charge in [-0.25, -0.2) is 18.0 Å². The topological polar surface area (TPSA) is 103 Å². The molecule has 1 aliphatic heterocycles. The zero-order chi connectivity index (χ0) is 22.5. The summed E-state index contributed by atoms with van der Waals surface area (Å²) in [5.74, 6) is -6.45. The first kappa shape index (κ1) is 21.9. The predicted molar refractivity (Wildman–Crippen MR) is 99.9 cm³/mol. The molecule has 2 N–H and O–H groups in total. The van der Waals surface area contributed by atoms with Crippen molar-refractivity contribution in [2.75, 3.05) is 18.5 Å². The standard InChI is InChI=1S/C20H17F3N2O6/c1-10(30-20(28)15-9-29-13-4-2-3-5-14(13)31-15)19(27)24-8-16(26)25-12-7-6-11(21)17(22)18(12)23/h2-7,10,15H,8-9H2,1H3,(H,24,27)(H,25,26)/t10-,15+/m0/s1. The Morgan fingerprint density at radius 2 is 1.81 bits per heavy atom. The third kappa shape index (κ3) is 5.24. The quantitative estimate of drug-likeness (QED) is 0.528. The second-order valence-electron chi connectivity index (χ2n) is 6.43. The van der Waals surface area contributed by atoms with Crippen molar-refractivity contribution in [2.45, 2.75) is 19.1 Å². The molecule has 0 fully saturated rings. The highest BCUT2D eigenvalue weighted by molar-refractivity contribution is 5.95. The van der Waals surface area contributed by atoms with E-state index in [-0.39, 0.29) is 6.61 Å². The summed E-state index contributed by atoms with van der Waals surface area (Å²) < 4.78 is 55.6. The number of nitrogens with one attached hydrogen (secondary N) is 2. The Morgan fingerprint density at radius 3 is 2.55 bits per heavy atom. The Hall–Kier alpha value is -3.76. The van der Waals surface area contributed by atoms with E-state index >= 15 is 0 Å². The van der Waals surface area contributed by atoms with E-state index < -0.39 is 59.7 Å². The van der Waals surface area contributed by atoms with Crippen LogP contribution in [-0.2, 0) is 19.1 Å². The number of carbonyl (C=O) groups is 3. The van der Waals surface area contributed by atoms with Crippen molar-refractivity contribution >= 4 is 23.5 Å². The molecule has 0 saturated carbocycles. The van der Waals surface area contributed by atoms with Gasteiger partial charge in [0.1, 0.15) is 6.61 Å². The maximum atomic E-state index is 13.6. The molecule has 164 valence electrons. The van der Waals surface area contributed by atoms with Gasteiger partial charge in [0.25, 0.3) is 5.91 Å². The van der Waals surface area contributed by atoms with Crippen LogP contribution in [0, 0.1) is 17.5 Å². The van der Waals surface area contributed by atoms with Crippen LogP contribution >= 0.6 is 0 Å². The summed E-state index contributed by atoms with van der Waals surface area (Å²) in [6, 6.07) is 8.20. The lowest BCUT2D eigenvalue weighted by Crippen LogP contribution is -2.44. The lowest BCUT2D eigenvalue weighted by Gasteiger charge is -2.25. The molecular weight excluding hydrogens is 421 g/mol. The van der Waals surface area contributed by atoms with Gasteiger partial charge in [0.2, 0.25) is 12.0 Å². The minimum atomic E-state index is -1.74. The molecule has 0 saturated heterocycles. The van der Waals surface area contributed by atoms with Gasteiger partial charge in [-0.05, 0) is 31.2 Å². The van der Waals surface area contributed by atoms with Crippen LogP contribution in [0.3, 0.4) is 0 Å². The highest BCUT2D eigenvalue weighted by atomic mass is 19.2. The summed E-state index contributed by atoms with van der Waals surface area (Å²) in [5.41, 5.74) is -0.590. The molecule has 3 rings (SSSR count). The second-order valence-corrected chi connectivity index (χ2v) is 6.43. The van der Waals surface area contributed by atoms with E-state index in [2.05, 4.69) is 5.32 Å². The third-order valence-corrected chi connectivity index (χ3v) is 4.17. The first-order chi connectivity index (χ1) is 14.8. The van der Waals surface area contributed by atoms with Gasteiger partial charge < -0.3 is 24.8 Å². The molecule has 2 aromatic rings. The van der Waals surface area contributed by atoms with E-state index in [1.165, 1.54) is 6.92 Å². The monoisotopic (exact) mass is 438 g/mol. The summed E-state index contributed by atoms with van der Waals surface area (Å²) >= 11 is 0. The summed E-state index contributed by atoms with van der Waals surface area (Å²) in [6.07, 6.45) is -2.36. The first-order valence-electron chi connectivity index (χ1n) is 9.06. The van der Waals surface area contributed by atoms with Crippen LogP contribution in [0.2, 0.25) is 0 Å². The Morgan fingerprint density at radius 1 is 1.10 bits per heavy atom. The van der Waals surface area contributed by atoms with E-state index in [4.69, 9.17) is 14.2 Å². The molecule has 0 radical (unpaired) electrons. The Labute approximate surface area is 174 Å². The van der Waals surface area contributed by atoms with Gasteiger partial charge in [-0.15, -0.1) is 0 Å². The molecule has 31 heavy (non-hydrogen) atoms. The molecule has 11 heteroatoms. The minimum absolute atomic E-state index is 0.105. The van der Waals surface area contributed by atoms with Crippen LogP contribution < -0.4 is 20.1 Å². The molecule has 0 spiro atoms. The van der Waals surface area contributed by atoms with E-state index in [0.29, 0.717) is 17.6 Å². The third-order valence-electron chi connectivity index (χ3n) is 4.17. The molecule has 2 aromatic carbocycles. The number of halogens is 3. The van der Waals surface area contributed by atoms with Gasteiger partial charge in [-0.1, -0.05) is 12.1 Å². The number of amides is 2. The minimum Gasteiger partial charge on any atom is -0.485 e. The number of hydrogen-bond acceptors (Lipinski definition) is 6. The van der Waals surface area contributed by atoms with Crippen molar-refractivity contribution in [2.24, 2.45) is 0 Å². The van der Waals surface area contributed by atoms with E-state index in [1.807, 2.05) is 5.32 Å². The summed E-state index contributed by atoms with van der Waals surface area (Å²) in [6.45, 7) is 0.541. The number of carbonyl (C=O) groups excluding carboxylic acids is 3. The Balaban J connectivity index is 1.47. The van der Waals surface area contributed by atoms with E-state index in [1.54, 1.807) is 24.3 Å². The molecule has 2 atom stereocenters. The lowest BCUT2D eigenvalue weighted by atomic mass is 10.2. The lowest BCUT2D eigenvalue weighted by molar-refractivity contribution is -0.163. The molecule has 0 aliphatic carbocycles. The number of para-hydroxylation sites is 2. The number of anilines is 1. The smallest absolute Gasteiger partial charge is 0.351 e. The van der Waals surface area contributed by atoms with E-state index in [9.17, 15) is 27.6 Å². The molecule has 0 unspecified atom stereocenters. The fourth-order valence-corrected chi connectivity index (χ4v) is 2.57. The molecule has 1 aliphatic rings. The number of rotatable bonds is 6. The predicted octanol–water partition coefficient (Wildman–Crippen LogP) is 1.93. The van der Waals surface area contributed by atoms with Crippen LogP contribution in [-0.4, -0.2) is 43.1 Å². The number of fused-ring (bicyclic) bond motifs is 1. The van der Waals surface area contributed by atoms with Crippen LogP contribution in [0.25, 0.3) is 0 Å². The second kappa shape index (κ2) is 9.37. The molecule has 0 aromatic heterocycles. The molecule has 2 amide bonds. The van der Waals surface area contributed by atoms with Crippen molar-refractivity contribution in [3.05, 3.63) is 53.8 Å². The summed E-state index contributed by atoms with van der Waals surface area (Å²) in [4.78, 5) is 36.1. The molecule has 8 nitrogen and oxygen atoms in total. The summed E-state index contributed by atoms with van der Waals surface area (Å²) in [5, 5.41) is 4.18. The number of esters is 1. The van der Waals surface area contributed by atoms with Gasteiger partial charge in [0, 0.05) is 0 Å². The van der Waals surface area contributed by atoms with Gasteiger partial charge in [-0.3, -0.25) is 9.59 Å². The van der Waals surface area contributed by atoms with Gasteiger partial charge in [0.05, 0.1) is 12.2 Å². The Bertz CT molecular complexity index is 1020. The van der Waals surface area contributed by atoms with Crippen molar-refractivity contribution < 1.29 is 41.8 Å². The highest BCUT2D eigenvalue weighted by Gasteiger charge is 2.31. The van der Waals surface area contributed by atoms with Gasteiger partial charge >= 0.3 is 5.97 Å². The summed E-state index contributed by atoms with van der Waals surface area (Å²) in [7, 11) is 0. The van der Waals surface area contributed by atoms with Gasteiger partial charge in [-0.2, -0.15) is 0 Å². The number of benzene rings is 2. The molecular formula is C20H17F3N2O6. The van der Waals surface area contributed by atoms with Crippen LogP contribution in [0.5, 0.6) is 11.5 Å². The van der Waals surface area contributed by atoms with Gasteiger partial charge in [0.15, 0.2) is 35.1 Å². The van der Waals surface area contributed by atoms with Crippen molar-refractivity contribution in [3.63, 3.8) is 0 Å². The van der Waals surface area contributed by atoms with Crippen molar-refractivity contribution in [1.82, 2.24) is 5.32 Å². The molecule has 0 bridgehead atoms. The maximum absolute atomic E-state index is 13.6. The van der Waals surface area contributed by atoms with E-state index in [0.717, 1.165) is 6.07 Å². The number of hydrogen-bond donors (Lipinski definition) is 2. The Kier molecular flexibility index (Phi) is 6.63. The van der Waals surface area contributed by atoms with Crippen molar-refractivity contribution in [3.8, 4) is 11.5 Å². The SMILES string of the molecule is C[C@H](OC(=O)[C@H]1COc2ccccc2O1)C(=O)NCC(=O)Nc1ccc(F)c(F)c1F. The average molecular weight is 438 g/mol. The molecule has 1 heterocycles. The first-order valence-corrected chi connectivity index (χ1v) is 9.06.